The van der Waals surface area contributed by atoms with Gasteiger partial charge in [-0.1, -0.05) is 48.2 Å². The van der Waals surface area contributed by atoms with E-state index in [1.165, 1.54) is 11.8 Å². The lowest BCUT2D eigenvalue weighted by molar-refractivity contribution is -0.113. The van der Waals surface area contributed by atoms with Gasteiger partial charge in [-0.2, -0.15) is 9.78 Å². The van der Waals surface area contributed by atoms with Gasteiger partial charge in [0.25, 0.3) is 0 Å². The Balaban J connectivity index is 1.49. The second kappa shape index (κ2) is 11.0. The number of carbonyl (C=O) groups is 1. The third-order valence-corrected chi connectivity index (χ3v) is 5.31. The number of benzene rings is 3. The van der Waals surface area contributed by atoms with Crippen molar-refractivity contribution in [3.05, 3.63) is 96.3 Å². The SMILES string of the molecule is O=C(CSc1nnc(COc2ccccc2)n1N=Cc1ccc(O)cc1)Nc1ccccc1. The van der Waals surface area contributed by atoms with Crippen molar-refractivity contribution in [1.82, 2.24) is 14.9 Å². The van der Waals surface area contributed by atoms with Crippen molar-refractivity contribution in [3.63, 3.8) is 0 Å². The molecule has 1 heterocycles. The summed E-state index contributed by atoms with van der Waals surface area (Å²) in [4.78, 5) is 12.3. The number of nitrogens with one attached hydrogen (secondary N) is 1. The van der Waals surface area contributed by atoms with Crippen molar-refractivity contribution < 1.29 is 14.6 Å². The first-order valence-corrected chi connectivity index (χ1v) is 11.1. The van der Waals surface area contributed by atoms with Crippen LogP contribution in [-0.4, -0.2) is 37.9 Å². The Kier molecular flexibility index (Phi) is 7.34. The van der Waals surface area contributed by atoms with E-state index in [2.05, 4.69) is 20.6 Å². The predicted octanol–water partition coefficient (Wildman–Crippen LogP) is 4.18. The van der Waals surface area contributed by atoms with Gasteiger partial charge in [-0.15, -0.1) is 10.2 Å². The van der Waals surface area contributed by atoms with Gasteiger partial charge in [0, 0.05) is 5.69 Å². The molecule has 0 unspecified atom stereocenters. The van der Waals surface area contributed by atoms with Crippen molar-refractivity contribution in [2.75, 3.05) is 11.1 Å². The average Bonchev–Trinajstić information content (AvgIpc) is 3.24. The number of ether oxygens (including phenoxy) is 1. The van der Waals surface area contributed by atoms with E-state index >= 15 is 0 Å². The third kappa shape index (κ3) is 6.44. The second-order valence-electron chi connectivity index (χ2n) is 6.85. The molecule has 3 aromatic carbocycles. The number of amides is 1. The third-order valence-electron chi connectivity index (χ3n) is 4.39. The highest BCUT2D eigenvalue weighted by atomic mass is 32.2. The van der Waals surface area contributed by atoms with E-state index in [0.29, 0.717) is 16.7 Å². The maximum atomic E-state index is 12.3. The number of nitrogens with zero attached hydrogens (tertiary/aromatic N) is 4. The fourth-order valence-corrected chi connectivity index (χ4v) is 3.50. The van der Waals surface area contributed by atoms with Crippen molar-refractivity contribution in [2.24, 2.45) is 5.10 Å². The molecule has 0 spiro atoms. The van der Waals surface area contributed by atoms with Gasteiger partial charge in [0.2, 0.25) is 11.1 Å². The number of aromatic hydroxyl groups is 1. The molecule has 9 heteroatoms. The molecule has 0 aliphatic rings. The molecule has 0 saturated heterocycles. The summed E-state index contributed by atoms with van der Waals surface area (Å²) in [5.41, 5.74) is 1.51. The minimum Gasteiger partial charge on any atom is -0.508 e. The molecule has 4 rings (SSSR count). The average molecular weight is 460 g/mol. The zero-order valence-electron chi connectivity index (χ0n) is 17.5. The molecule has 4 aromatic rings. The number of carbonyl (C=O) groups excluding carboxylic acids is 1. The van der Waals surface area contributed by atoms with E-state index in [-0.39, 0.29) is 24.0 Å². The van der Waals surface area contributed by atoms with E-state index in [4.69, 9.17) is 4.74 Å². The van der Waals surface area contributed by atoms with Crippen LogP contribution in [-0.2, 0) is 11.4 Å². The highest BCUT2D eigenvalue weighted by Crippen LogP contribution is 2.19. The summed E-state index contributed by atoms with van der Waals surface area (Å²) in [7, 11) is 0. The van der Waals surface area contributed by atoms with Crippen LogP contribution in [0.5, 0.6) is 11.5 Å². The standard InChI is InChI=1S/C24H21N5O3S/c30-20-13-11-18(12-14-20)15-25-29-22(16-32-21-9-5-2-6-10-21)27-28-24(29)33-17-23(31)26-19-7-3-1-4-8-19/h1-15,30H,16-17H2,(H,26,31). The van der Waals surface area contributed by atoms with Crippen LogP contribution < -0.4 is 10.1 Å². The number of phenolic OH excluding ortho intramolecular Hbond substituents is 1. The van der Waals surface area contributed by atoms with Gasteiger partial charge >= 0.3 is 0 Å². The summed E-state index contributed by atoms with van der Waals surface area (Å²) in [6.07, 6.45) is 1.63. The molecule has 1 aromatic heterocycles. The number of thioether (sulfide) groups is 1. The molecule has 33 heavy (non-hydrogen) atoms. The van der Waals surface area contributed by atoms with Crippen LogP contribution in [0, 0.1) is 0 Å². The summed E-state index contributed by atoms with van der Waals surface area (Å²) in [6, 6.07) is 25.3. The Morgan fingerprint density at radius 1 is 1.00 bits per heavy atom. The summed E-state index contributed by atoms with van der Waals surface area (Å²) >= 11 is 1.22. The minimum atomic E-state index is -0.162. The van der Waals surface area contributed by atoms with Gasteiger partial charge < -0.3 is 15.2 Å². The monoisotopic (exact) mass is 459 g/mol. The van der Waals surface area contributed by atoms with Crippen LogP contribution in [0.15, 0.2) is 95.2 Å². The smallest absolute Gasteiger partial charge is 0.234 e. The molecule has 2 N–H and O–H groups in total. The number of hydrogen-bond donors (Lipinski definition) is 2. The van der Waals surface area contributed by atoms with E-state index in [1.54, 1.807) is 35.2 Å². The quantitative estimate of drug-likeness (QED) is 0.288. The fourth-order valence-electron chi connectivity index (χ4n) is 2.79. The van der Waals surface area contributed by atoms with Gasteiger partial charge in [-0.3, -0.25) is 4.79 Å². The van der Waals surface area contributed by atoms with Crippen molar-refractivity contribution >= 4 is 29.6 Å². The topological polar surface area (TPSA) is 102 Å². The summed E-state index contributed by atoms with van der Waals surface area (Å²) in [6.45, 7) is 0.153. The van der Waals surface area contributed by atoms with Gasteiger partial charge in [0.1, 0.15) is 18.1 Å². The largest absolute Gasteiger partial charge is 0.508 e. The molecule has 0 saturated carbocycles. The van der Waals surface area contributed by atoms with Gasteiger partial charge in [0.15, 0.2) is 5.82 Å². The highest BCUT2D eigenvalue weighted by molar-refractivity contribution is 7.99. The zero-order valence-corrected chi connectivity index (χ0v) is 18.4. The van der Waals surface area contributed by atoms with Crippen molar-refractivity contribution in [1.29, 1.82) is 0 Å². The maximum Gasteiger partial charge on any atom is 0.234 e. The molecule has 0 radical (unpaired) electrons. The molecule has 0 bridgehead atoms. The highest BCUT2D eigenvalue weighted by Gasteiger charge is 2.15. The van der Waals surface area contributed by atoms with Crippen LogP contribution in [0.4, 0.5) is 5.69 Å². The Morgan fingerprint density at radius 3 is 2.42 bits per heavy atom. The summed E-state index contributed by atoms with van der Waals surface area (Å²) in [5, 5.41) is 25.7. The van der Waals surface area contributed by atoms with Crippen LogP contribution in [0.25, 0.3) is 0 Å². The number of anilines is 1. The molecular formula is C24H21N5O3S. The van der Waals surface area contributed by atoms with Crippen molar-refractivity contribution in [2.45, 2.75) is 11.8 Å². The van der Waals surface area contributed by atoms with E-state index < -0.39 is 0 Å². The summed E-state index contributed by atoms with van der Waals surface area (Å²) in [5.74, 6) is 1.34. The number of phenols is 1. The Morgan fingerprint density at radius 2 is 1.70 bits per heavy atom. The van der Waals surface area contributed by atoms with Gasteiger partial charge in [-0.25, -0.2) is 0 Å². The Bertz CT molecular complexity index is 1210. The van der Waals surface area contributed by atoms with Crippen molar-refractivity contribution in [3.8, 4) is 11.5 Å². The lowest BCUT2D eigenvalue weighted by atomic mass is 10.2. The minimum absolute atomic E-state index is 0.140. The lowest BCUT2D eigenvalue weighted by Crippen LogP contribution is -2.14. The molecule has 8 nitrogen and oxygen atoms in total. The van der Waals surface area contributed by atoms with Crippen LogP contribution >= 0.6 is 11.8 Å². The Hall–Kier alpha value is -4.11. The van der Waals surface area contributed by atoms with Crippen LogP contribution in [0.3, 0.4) is 0 Å². The van der Waals surface area contributed by atoms with Gasteiger partial charge in [-0.05, 0) is 54.1 Å². The molecule has 166 valence electrons. The molecule has 0 atom stereocenters. The molecular weight excluding hydrogens is 438 g/mol. The molecule has 0 aliphatic carbocycles. The number of aromatic nitrogens is 3. The van der Waals surface area contributed by atoms with E-state index in [0.717, 1.165) is 11.3 Å². The normalized spacial score (nSPS) is 10.9. The van der Waals surface area contributed by atoms with Crippen LogP contribution in [0.2, 0.25) is 0 Å². The van der Waals surface area contributed by atoms with Gasteiger partial charge in [0.05, 0.1) is 12.0 Å². The van der Waals surface area contributed by atoms with Crippen LogP contribution in [0.1, 0.15) is 11.4 Å². The number of hydrogen-bond acceptors (Lipinski definition) is 7. The number of rotatable bonds is 9. The molecule has 0 fully saturated rings. The molecule has 0 aliphatic heterocycles. The summed E-state index contributed by atoms with van der Waals surface area (Å²) < 4.78 is 7.35. The first-order chi connectivity index (χ1) is 16.2. The maximum absolute atomic E-state index is 12.3. The lowest BCUT2D eigenvalue weighted by Gasteiger charge is -2.07. The first-order valence-electron chi connectivity index (χ1n) is 10.1. The fraction of sp³-hybridized carbons (Fsp3) is 0.0833. The van der Waals surface area contributed by atoms with E-state index in [1.807, 2.05) is 60.7 Å². The van der Waals surface area contributed by atoms with E-state index in [9.17, 15) is 9.90 Å². The number of para-hydroxylation sites is 2. The molecule has 1 amide bonds. The predicted molar refractivity (Wildman–Crippen MR) is 128 cm³/mol. The Labute approximate surface area is 194 Å². The first kappa shape index (κ1) is 22.1. The zero-order chi connectivity index (χ0) is 22.9. The second-order valence-corrected chi connectivity index (χ2v) is 7.79.